The van der Waals surface area contributed by atoms with Crippen LogP contribution in [-0.4, -0.2) is 30.7 Å². The van der Waals surface area contributed by atoms with Gasteiger partial charge >= 0.3 is 0 Å². The maximum absolute atomic E-state index is 12.2. The highest BCUT2D eigenvalue weighted by molar-refractivity contribution is 6.13. The summed E-state index contributed by atoms with van der Waals surface area (Å²) in [5, 5.41) is 2.86. The van der Waals surface area contributed by atoms with Crippen LogP contribution in [-0.2, 0) is 16.1 Å². The summed E-state index contributed by atoms with van der Waals surface area (Å²) in [7, 11) is 3.69. The fourth-order valence-electron chi connectivity index (χ4n) is 2.03. The highest BCUT2D eigenvalue weighted by Crippen LogP contribution is 2.47. The number of carbonyl (C=O) groups is 2. The Morgan fingerprint density at radius 2 is 1.90 bits per heavy atom. The largest absolute Gasteiger partial charge is 0.383 e. The van der Waals surface area contributed by atoms with Crippen LogP contribution < -0.4 is 5.32 Å². The summed E-state index contributed by atoms with van der Waals surface area (Å²) >= 11 is 0. The summed E-state index contributed by atoms with van der Waals surface area (Å²) in [6.45, 7) is 0.464. The Balaban J connectivity index is 1.93. The van der Waals surface area contributed by atoms with Crippen molar-refractivity contribution < 1.29 is 9.59 Å². The highest BCUT2D eigenvalue weighted by atomic mass is 16.2. The van der Waals surface area contributed by atoms with E-state index in [-0.39, 0.29) is 11.7 Å². The van der Waals surface area contributed by atoms with E-state index in [1.807, 2.05) is 44.4 Å². The van der Waals surface area contributed by atoms with Gasteiger partial charge in [-0.1, -0.05) is 30.3 Å². The van der Waals surface area contributed by atoms with Crippen LogP contribution in [0.15, 0.2) is 42.6 Å². The van der Waals surface area contributed by atoms with Gasteiger partial charge in [0.05, 0.1) is 0 Å². The minimum absolute atomic E-state index is 0.100. The second kappa shape index (κ2) is 5.90. The molecule has 0 unspecified atom stereocenters. The molecule has 4 heteroatoms. The number of allylic oxidation sites excluding steroid dienone is 1. The quantitative estimate of drug-likeness (QED) is 0.634. The second-order valence-corrected chi connectivity index (χ2v) is 5.39. The van der Waals surface area contributed by atoms with Crippen LogP contribution in [0.25, 0.3) is 0 Å². The first-order valence-corrected chi connectivity index (χ1v) is 6.76. The molecule has 1 aromatic carbocycles. The topological polar surface area (TPSA) is 49.4 Å². The number of ketones is 1. The van der Waals surface area contributed by atoms with Gasteiger partial charge in [-0.15, -0.1) is 0 Å². The number of carbonyl (C=O) groups excluding carboxylic acids is 2. The zero-order valence-corrected chi connectivity index (χ0v) is 11.9. The molecular formula is C16H20N2O2. The van der Waals surface area contributed by atoms with Gasteiger partial charge in [0.25, 0.3) is 0 Å². The molecule has 0 bridgehead atoms. The normalized spacial score (nSPS) is 15.9. The van der Waals surface area contributed by atoms with Crippen LogP contribution in [0.3, 0.4) is 0 Å². The van der Waals surface area contributed by atoms with E-state index in [1.165, 1.54) is 6.08 Å². The molecule has 0 aromatic heterocycles. The van der Waals surface area contributed by atoms with Crippen molar-refractivity contribution in [2.75, 3.05) is 14.1 Å². The molecule has 0 atom stereocenters. The predicted octanol–water partition coefficient (Wildman–Crippen LogP) is 1.73. The molecule has 2 rings (SSSR count). The predicted molar refractivity (Wildman–Crippen MR) is 77.8 cm³/mol. The summed E-state index contributed by atoms with van der Waals surface area (Å²) in [5.41, 5.74) is 0.217. The van der Waals surface area contributed by atoms with Gasteiger partial charge in [0, 0.05) is 26.8 Å². The lowest BCUT2D eigenvalue weighted by Gasteiger charge is -2.13. The average molecular weight is 272 g/mol. The van der Waals surface area contributed by atoms with Gasteiger partial charge in [-0.25, -0.2) is 0 Å². The zero-order valence-electron chi connectivity index (χ0n) is 11.9. The van der Waals surface area contributed by atoms with Crippen LogP contribution in [0.5, 0.6) is 0 Å². The Morgan fingerprint density at radius 3 is 2.45 bits per heavy atom. The Morgan fingerprint density at radius 1 is 1.25 bits per heavy atom. The molecule has 0 spiro atoms. The smallest absolute Gasteiger partial charge is 0.234 e. The monoisotopic (exact) mass is 272 g/mol. The lowest BCUT2D eigenvalue weighted by atomic mass is 9.99. The number of amides is 1. The molecule has 1 N–H and O–H groups in total. The van der Waals surface area contributed by atoms with Gasteiger partial charge in [-0.3, -0.25) is 9.59 Å². The summed E-state index contributed by atoms with van der Waals surface area (Å²) in [6.07, 6.45) is 4.47. The van der Waals surface area contributed by atoms with Gasteiger partial charge in [0.2, 0.25) is 5.91 Å². The lowest BCUT2D eigenvalue weighted by Crippen LogP contribution is -2.36. The molecule has 1 amide bonds. The maximum Gasteiger partial charge on any atom is 0.234 e. The Kier molecular flexibility index (Phi) is 4.23. The third-order valence-electron chi connectivity index (χ3n) is 3.48. The molecule has 4 nitrogen and oxygen atoms in total. The fraction of sp³-hybridized carbons (Fsp3) is 0.375. The van der Waals surface area contributed by atoms with E-state index in [1.54, 1.807) is 11.1 Å². The number of benzene rings is 1. The van der Waals surface area contributed by atoms with E-state index in [9.17, 15) is 9.59 Å². The maximum atomic E-state index is 12.2. The lowest BCUT2D eigenvalue weighted by molar-refractivity contribution is -0.133. The molecule has 106 valence electrons. The van der Waals surface area contributed by atoms with Crippen LogP contribution in [0.1, 0.15) is 18.4 Å². The van der Waals surface area contributed by atoms with Crippen LogP contribution in [0, 0.1) is 5.41 Å². The summed E-state index contributed by atoms with van der Waals surface area (Å²) in [6, 6.07) is 9.70. The van der Waals surface area contributed by atoms with E-state index in [4.69, 9.17) is 0 Å². The number of nitrogens with zero attached hydrogens (tertiary/aromatic N) is 1. The number of hydrogen-bond donors (Lipinski definition) is 1. The first-order valence-electron chi connectivity index (χ1n) is 6.76. The number of rotatable bonds is 6. The third kappa shape index (κ3) is 3.26. The van der Waals surface area contributed by atoms with Crippen molar-refractivity contribution in [2.24, 2.45) is 5.41 Å². The first-order chi connectivity index (χ1) is 9.54. The summed E-state index contributed by atoms with van der Waals surface area (Å²) < 4.78 is 0. The van der Waals surface area contributed by atoms with Crippen molar-refractivity contribution in [3.8, 4) is 0 Å². The van der Waals surface area contributed by atoms with E-state index >= 15 is 0 Å². The molecule has 0 radical (unpaired) electrons. The third-order valence-corrected chi connectivity index (χ3v) is 3.48. The molecule has 1 aliphatic rings. The first kappa shape index (κ1) is 14.3. The standard InChI is InChI=1S/C16H20N2O2/c1-18(2)11-8-14(19)16(9-10-16)15(20)17-12-13-6-4-3-5-7-13/h3-8,11H,9-10,12H2,1-2H3,(H,17,20)/b11-8+. The molecule has 1 aliphatic carbocycles. The van der Waals surface area contributed by atoms with E-state index in [2.05, 4.69) is 5.32 Å². The molecule has 20 heavy (non-hydrogen) atoms. The van der Waals surface area contributed by atoms with Gasteiger partial charge in [0.1, 0.15) is 5.41 Å². The van der Waals surface area contributed by atoms with Crippen molar-refractivity contribution in [3.05, 3.63) is 48.2 Å². The van der Waals surface area contributed by atoms with Crippen LogP contribution in [0.4, 0.5) is 0 Å². The Bertz CT molecular complexity index is 517. The summed E-state index contributed by atoms with van der Waals surface area (Å²) in [4.78, 5) is 26.1. The minimum Gasteiger partial charge on any atom is -0.383 e. The van der Waals surface area contributed by atoms with Gasteiger partial charge in [0.15, 0.2) is 5.78 Å². The second-order valence-electron chi connectivity index (χ2n) is 5.39. The van der Waals surface area contributed by atoms with Crippen molar-refractivity contribution in [1.82, 2.24) is 10.2 Å². The number of hydrogen-bond acceptors (Lipinski definition) is 3. The molecule has 1 fully saturated rings. The average Bonchev–Trinajstić information content (AvgIpc) is 3.25. The molecular weight excluding hydrogens is 252 g/mol. The van der Waals surface area contributed by atoms with Gasteiger partial charge in [-0.05, 0) is 24.5 Å². The SMILES string of the molecule is CN(C)/C=C/C(=O)C1(C(=O)NCc2ccccc2)CC1. The molecule has 0 heterocycles. The van der Waals surface area contributed by atoms with E-state index in [0.717, 1.165) is 5.56 Å². The number of nitrogens with one attached hydrogen (secondary N) is 1. The Hall–Kier alpha value is -2.10. The molecule has 1 saturated carbocycles. The Labute approximate surface area is 119 Å². The van der Waals surface area contributed by atoms with Crippen molar-refractivity contribution in [2.45, 2.75) is 19.4 Å². The van der Waals surface area contributed by atoms with E-state index in [0.29, 0.717) is 19.4 Å². The van der Waals surface area contributed by atoms with Crippen molar-refractivity contribution in [3.63, 3.8) is 0 Å². The molecule has 0 saturated heterocycles. The van der Waals surface area contributed by atoms with Crippen LogP contribution >= 0.6 is 0 Å². The van der Waals surface area contributed by atoms with Crippen molar-refractivity contribution in [1.29, 1.82) is 0 Å². The molecule has 0 aliphatic heterocycles. The van der Waals surface area contributed by atoms with Crippen molar-refractivity contribution >= 4 is 11.7 Å². The van der Waals surface area contributed by atoms with Gasteiger partial charge in [-0.2, -0.15) is 0 Å². The van der Waals surface area contributed by atoms with Crippen LogP contribution in [0.2, 0.25) is 0 Å². The minimum atomic E-state index is -0.818. The fourth-order valence-corrected chi connectivity index (χ4v) is 2.03. The highest BCUT2D eigenvalue weighted by Gasteiger charge is 2.54. The van der Waals surface area contributed by atoms with E-state index < -0.39 is 5.41 Å². The van der Waals surface area contributed by atoms with Gasteiger partial charge < -0.3 is 10.2 Å². The zero-order chi connectivity index (χ0) is 14.6. The summed E-state index contributed by atoms with van der Waals surface area (Å²) in [5.74, 6) is -0.258. The molecule has 1 aromatic rings.